The number of aromatic nitrogens is 3. The minimum absolute atomic E-state index is 0.0383. The smallest absolute Gasteiger partial charge is 0.323 e. The van der Waals surface area contributed by atoms with Crippen LogP contribution in [-0.2, 0) is 17.8 Å². The van der Waals surface area contributed by atoms with E-state index in [1.807, 2.05) is 13.8 Å². The summed E-state index contributed by atoms with van der Waals surface area (Å²) in [5.41, 5.74) is 0.994. The highest BCUT2D eigenvalue weighted by Gasteiger charge is 2.29. The number of hydrogen-bond acceptors (Lipinski definition) is 9. The minimum atomic E-state index is -0.170. The second kappa shape index (κ2) is 10.4. The van der Waals surface area contributed by atoms with Gasteiger partial charge in [0.25, 0.3) is 0 Å². The van der Waals surface area contributed by atoms with Crippen LogP contribution in [0.2, 0.25) is 0 Å². The number of hydrogen-bond donors (Lipinski definition) is 2. The number of likely N-dealkylation sites (tertiary alicyclic amines) is 1. The van der Waals surface area contributed by atoms with Crippen molar-refractivity contribution in [2.45, 2.75) is 45.7 Å². The largest absolute Gasteiger partial charge is 0.481 e. The van der Waals surface area contributed by atoms with Crippen LogP contribution in [-0.4, -0.2) is 71.7 Å². The van der Waals surface area contributed by atoms with E-state index in [4.69, 9.17) is 9.47 Å². The van der Waals surface area contributed by atoms with Crippen LogP contribution in [0.3, 0.4) is 0 Å². The molecule has 4 heterocycles. The number of urea groups is 1. The number of rotatable bonds is 6. The Morgan fingerprint density at radius 1 is 1.12 bits per heavy atom. The third-order valence-corrected chi connectivity index (χ3v) is 6.91. The van der Waals surface area contributed by atoms with E-state index < -0.39 is 0 Å². The fourth-order valence-corrected chi connectivity index (χ4v) is 5.13. The van der Waals surface area contributed by atoms with Gasteiger partial charge in [-0.05, 0) is 26.7 Å². The number of thiazole rings is 1. The number of carbonyl (C=O) groups is 2. The molecule has 11 nitrogen and oxygen atoms in total. The van der Waals surface area contributed by atoms with Crippen molar-refractivity contribution in [2.24, 2.45) is 5.92 Å². The van der Waals surface area contributed by atoms with Crippen molar-refractivity contribution in [1.82, 2.24) is 25.2 Å². The van der Waals surface area contributed by atoms with Crippen LogP contribution >= 0.6 is 11.3 Å². The zero-order valence-corrected chi connectivity index (χ0v) is 20.8. The minimum Gasteiger partial charge on any atom is -0.481 e. The molecule has 0 bridgehead atoms. The standard InChI is InChI=1S/C22H31N7O4S/c1-13(2)23-19(30)14-5-8-28(9-6-14)22(31)27-21-24-15-7-10-29(12-16(15)34-21)17-11-18(32-3)26-20(25-17)33-4/h11,13-14H,5-10,12H2,1-4H3,(H,23,30)(H,24,27,31). The molecule has 0 aromatic carbocycles. The first-order chi connectivity index (χ1) is 16.4. The summed E-state index contributed by atoms with van der Waals surface area (Å²) in [5, 5.41) is 6.50. The van der Waals surface area contributed by atoms with Gasteiger partial charge >= 0.3 is 12.0 Å². The average Bonchev–Trinajstić information content (AvgIpc) is 3.24. The molecule has 1 saturated heterocycles. The summed E-state index contributed by atoms with van der Waals surface area (Å²) in [4.78, 5) is 43.2. The van der Waals surface area contributed by atoms with Gasteiger partial charge < -0.3 is 24.6 Å². The van der Waals surface area contributed by atoms with E-state index in [0.717, 1.165) is 29.4 Å². The molecule has 0 atom stereocenters. The number of amides is 3. The summed E-state index contributed by atoms with van der Waals surface area (Å²) in [6.07, 6.45) is 2.08. The monoisotopic (exact) mass is 489 g/mol. The first-order valence-corrected chi connectivity index (χ1v) is 12.2. The Morgan fingerprint density at radius 3 is 2.56 bits per heavy atom. The van der Waals surface area contributed by atoms with Crippen LogP contribution in [0.4, 0.5) is 15.7 Å². The van der Waals surface area contributed by atoms with Crippen molar-refractivity contribution >= 4 is 34.2 Å². The van der Waals surface area contributed by atoms with Crippen LogP contribution in [0.1, 0.15) is 37.3 Å². The molecule has 1 fully saturated rings. The molecule has 0 aliphatic carbocycles. The summed E-state index contributed by atoms with van der Waals surface area (Å²) in [6, 6.07) is 1.99. The van der Waals surface area contributed by atoms with Crippen LogP contribution in [0.5, 0.6) is 11.9 Å². The number of piperidine rings is 1. The summed E-state index contributed by atoms with van der Waals surface area (Å²) < 4.78 is 10.4. The fourth-order valence-electron chi connectivity index (χ4n) is 4.11. The van der Waals surface area contributed by atoms with E-state index in [1.165, 1.54) is 18.4 Å². The predicted octanol–water partition coefficient (Wildman–Crippen LogP) is 2.28. The van der Waals surface area contributed by atoms with Crippen molar-refractivity contribution in [3.05, 3.63) is 16.6 Å². The molecule has 4 rings (SSSR count). The molecular weight excluding hydrogens is 458 g/mol. The molecular formula is C22H31N7O4S. The molecule has 0 spiro atoms. The second-order valence-electron chi connectivity index (χ2n) is 8.67. The SMILES string of the molecule is COc1cc(N2CCc3nc(NC(=O)N4CCC(C(=O)NC(C)C)CC4)sc3C2)nc(OC)n1. The van der Waals surface area contributed by atoms with Crippen molar-refractivity contribution in [2.75, 3.05) is 44.1 Å². The maximum Gasteiger partial charge on any atom is 0.323 e. The highest BCUT2D eigenvalue weighted by atomic mass is 32.1. The number of fused-ring (bicyclic) bond motifs is 1. The van der Waals surface area contributed by atoms with Gasteiger partial charge in [-0.2, -0.15) is 9.97 Å². The second-order valence-corrected chi connectivity index (χ2v) is 9.75. The summed E-state index contributed by atoms with van der Waals surface area (Å²) in [7, 11) is 3.08. The Labute approximate surface area is 202 Å². The summed E-state index contributed by atoms with van der Waals surface area (Å²) in [5.74, 6) is 1.20. The topological polar surface area (TPSA) is 122 Å². The maximum atomic E-state index is 12.8. The molecule has 0 unspecified atom stereocenters. The Bertz CT molecular complexity index is 1010. The highest BCUT2D eigenvalue weighted by molar-refractivity contribution is 7.15. The third-order valence-electron chi connectivity index (χ3n) is 5.91. The van der Waals surface area contributed by atoms with E-state index in [0.29, 0.717) is 43.5 Å². The van der Waals surface area contributed by atoms with Gasteiger partial charge in [0.2, 0.25) is 11.8 Å². The van der Waals surface area contributed by atoms with E-state index >= 15 is 0 Å². The number of nitrogens with zero attached hydrogens (tertiary/aromatic N) is 5. The molecule has 12 heteroatoms. The number of nitrogens with one attached hydrogen (secondary N) is 2. The van der Waals surface area contributed by atoms with Gasteiger partial charge in [0.1, 0.15) is 5.82 Å². The Kier molecular flexibility index (Phi) is 7.35. The lowest BCUT2D eigenvalue weighted by Crippen LogP contribution is -2.45. The van der Waals surface area contributed by atoms with Crippen molar-refractivity contribution in [1.29, 1.82) is 0 Å². The van der Waals surface area contributed by atoms with Crippen LogP contribution in [0, 0.1) is 5.92 Å². The van der Waals surface area contributed by atoms with Crippen LogP contribution in [0.15, 0.2) is 6.07 Å². The van der Waals surface area contributed by atoms with Gasteiger partial charge in [-0.15, -0.1) is 0 Å². The van der Waals surface area contributed by atoms with Crippen molar-refractivity contribution in [3.8, 4) is 11.9 Å². The molecule has 0 radical (unpaired) electrons. The summed E-state index contributed by atoms with van der Waals surface area (Å²) >= 11 is 1.48. The first-order valence-electron chi connectivity index (χ1n) is 11.4. The van der Waals surface area contributed by atoms with Crippen LogP contribution < -0.4 is 25.0 Å². The fraction of sp³-hybridized carbons (Fsp3) is 0.591. The number of ether oxygens (including phenoxy) is 2. The lowest BCUT2D eigenvalue weighted by Gasteiger charge is -2.31. The van der Waals surface area contributed by atoms with Gasteiger partial charge in [-0.1, -0.05) is 11.3 Å². The van der Waals surface area contributed by atoms with E-state index in [9.17, 15) is 9.59 Å². The van der Waals surface area contributed by atoms with Crippen LogP contribution in [0.25, 0.3) is 0 Å². The van der Waals surface area contributed by atoms with Gasteiger partial charge in [0.05, 0.1) is 26.5 Å². The average molecular weight is 490 g/mol. The molecule has 2 aromatic heterocycles. The molecule has 3 amide bonds. The van der Waals surface area contributed by atoms with Crippen molar-refractivity contribution < 1.29 is 19.1 Å². The Balaban J connectivity index is 1.35. The van der Waals surface area contributed by atoms with E-state index in [-0.39, 0.29) is 29.9 Å². The van der Waals surface area contributed by atoms with Gasteiger partial charge in [0, 0.05) is 49.0 Å². The lowest BCUT2D eigenvalue weighted by molar-refractivity contribution is -0.126. The lowest BCUT2D eigenvalue weighted by atomic mass is 9.96. The predicted molar refractivity (Wildman–Crippen MR) is 129 cm³/mol. The maximum absolute atomic E-state index is 12.8. The van der Waals surface area contributed by atoms with Gasteiger partial charge in [-0.25, -0.2) is 9.78 Å². The Morgan fingerprint density at radius 2 is 1.88 bits per heavy atom. The van der Waals surface area contributed by atoms with E-state index in [2.05, 4.69) is 30.5 Å². The Hall–Kier alpha value is -3.15. The van der Waals surface area contributed by atoms with Crippen molar-refractivity contribution in [3.63, 3.8) is 0 Å². The quantitative estimate of drug-likeness (QED) is 0.634. The normalized spacial score (nSPS) is 16.3. The first kappa shape index (κ1) is 24.0. The molecule has 0 saturated carbocycles. The number of anilines is 2. The molecule has 184 valence electrons. The molecule has 2 N–H and O–H groups in total. The van der Waals surface area contributed by atoms with Gasteiger partial charge in [0.15, 0.2) is 5.13 Å². The number of carbonyl (C=O) groups excluding carboxylic acids is 2. The van der Waals surface area contributed by atoms with E-state index in [1.54, 1.807) is 18.1 Å². The number of methoxy groups -OCH3 is 2. The zero-order chi connectivity index (χ0) is 24.2. The summed E-state index contributed by atoms with van der Waals surface area (Å²) in [6.45, 7) is 6.38. The molecule has 2 aliphatic rings. The molecule has 2 aromatic rings. The molecule has 34 heavy (non-hydrogen) atoms. The van der Waals surface area contributed by atoms with Gasteiger partial charge in [-0.3, -0.25) is 10.1 Å². The molecule has 2 aliphatic heterocycles. The zero-order valence-electron chi connectivity index (χ0n) is 20.0. The highest BCUT2D eigenvalue weighted by Crippen LogP contribution is 2.32. The third kappa shape index (κ3) is 5.49.